The van der Waals surface area contributed by atoms with Crippen LogP contribution in [0.2, 0.25) is 0 Å². The molecule has 0 spiro atoms. The van der Waals surface area contributed by atoms with Crippen molar-refractivity contribution >= 4 is 17.5 Å². The molecule has 3 N–H and O–H groups in total. The summed E-state index contributed by atoms with van der Waals surface area (Å²) in [5.41, 5.74) is 9.16. The van der Waals surface area contributed by atoms with Crippen molar-refractivity contribution in [2.45, 2.75) is 39.8 Å². The summed E-state index contributed by atoms with van der Waals surface area (Å²) in [5, 5.41) is 3.42. The average Bonchev–Trinajstić information content (AvgIpc) is 2.71. The molecule has 0 atom stereocenters. The topological polar surface area (TPSA) is 73.5 Å². The van der Waals surface area contributed by atoms with Crippen LogP contribution >= 0.6 is 0 Å². The third-order valence-electron chi connectivity index (χ3n) is 5.78. The molecule has 1 aliphatic rings. The van der Waals surface area contributed by atoms with Gasteiger partial charge >= 0.3 is 0 Å². The molecule has 2 aromatic rings. The molecule has 0 saturated carbocycles. The standard InChI is InChI=1S/C23H37N7/c1-17(2)30(18(3)4)11-10-25-22-16-21(26-23(24)27-22)19-6-8-20(9-7-19)29-14-12-28(5)13-15-29/h6-9,16-18H,10-15H2,1-5H3,(H3,24,25,26,27). The first-order chi connectivity index (χ1) is 14.3. The Balaban J connectivity index is 1.66. The molecular weight excluding hydrogens is 374 g/mol. The number of likely N-dealkylation sites (N-methyl/N-ethyl adjacent to an activating group) is 1. The molecular formula is C23H37N7. The van der Waals surface area contributed by atoms with Crippen molar-refractivity contribution in [1.82, 2.24) is 19.8 Å². The maximum atomic E-state index is 6.00. The predicted molar refractivity (Wildman–Crippen MR) is 127 cm³/mol. The third kappa shape index (κ3) is 5.83. The Kier molecular flexibility index (Phi) is 7.50. The summed E-state index contributed by atoms with van der Waals surface area (Å²) in [5.74, 6) is 1.07. The highest BCUT2D eigenvalue weighted by molar-refractivity contribution is 5.66. The number of nitrogen functional groups attached to an aromatic ring is 1. The lowest BCUT2D eigenvalue weighted by Gasteiger charge is -2.34. The van der Waals surface area contributed by atoms with Gasteiger partial charge in [0.2, 0.25) is 5.95 Å². The van der Waals surface area contributed by atoms with Crippen LogP contribution in [0.1, 0.15) is 27.7 Å². The highest BCUT2D eigenvalue weighted by atomic mass is 15.2. The Morgan fingerprint density at radius 1 is 1.00 bits per heavy atom. The van der Waals surface area contributed by atoms with Gasteiger partial charge in [-0.25, -0.2) is 4.98 Å². The summed E-state index contributed by atoms with van der Waals surface area (Å²) in [6.45, 7) is 15.0. The van der Waals surface area contributed by atoms with Gasteiger partial charge in [-0.1, -0.05) is 12.1 Å². The first-order valence-electron chi connectivity index (χ1n) is 11.0. The molecule has 7 nitrogen and oxygen atoms in total. The summed E-state index contributed by atoms with van der Waals surface area (Å²) >= 11 is 0. The number of anilines is 3. The molecule has 1 aromatic carbocycles. The van der Waals surface area contributed by atoms with Crippen LogP contribution in [0.15, 0.2) is 30.3 Å². The van der Waals surface area contributed by atoms with Gasteiger partial charge in [0.05, 0.1) is 5.69 Å². The van der Waals surface area contributed by atoms with E-state index in [4.69, 9.17) is 5.73 Å². The van der Waals surface area contributed by atoms with Gasteiger partial charge in [0.1, 0.15) is 5.82 Å². The Labute approximate surface area is 181 Å². The van der Waals surface area contributed by atoms with E-state index in [9.17, 15) is 0 Å². The van der Waals surface area contributed by atoms with Crippen molar-refractivity contribution in [1.29, 1.82) is 0 Å². The summed E-state index contributed by atoms with van der Waals surface area (Å²) < 4.78 is 0. The fourth-order valence-corrected chi connectivity index (χ4v) is 4.04. The number of nitrogens with two attached hydrogens (primary N) is 1. The number of nitrogens with one attached hydrogen (secondary N) is 1. The maximum Gasteiger partial charge on any atom is 0.222 e. The second-order valence-corrected chi connectivity index (χ2v) is 8.69. The van der Waals surface area contributed by atoms with Crippen LogP contribution < -0.4 is 16.0 Å². The van der Waals surface area contributed by atoms with E-state index in [2.05, 4.69) is 89.0 Å². The summed E-state index contributed by atoms with van der Waals surface area (Å²) in [6.07, 6.45) is 0. The molecule has 164 valence electrons. The molecule has 0 aliphatic carbocycles. The van der Waals surface area contributed by atoms with Gasteiger partial charge in [-0.2, -0.15) is 4.98 Å². The number of hydrogen-bond donors (Lipinski definition) is 2. The lowest BCUT2D eigenvalue weighted by Crippen LogP contribution is -2.44. The number of hydrogen-bond acceptors (Lipinski definition) is 7. The van der Waals surface area contributed by atoms with Crippen LogP contribution in [-0.4, -0.2) is 78.2 Å². The predicted octanol–water partition coefficient (Wildman–Crippen LogP) is 3.01. The summed E-state index contributed by atoms with van der Waals surface area (Å²) in [7, 11) is 2.18. The van der Waals surface area contributed by atoms with E-state index in [1.807, 2.05) is 6.07 Å². The van der Waals surface area contributed by atoms with Crippen LogP contribution in [0, 0.1) is 0 Å². The van der Waals surface area contributed by atoms with Crippen LogP contribution in [0.4, 0.5) is 17.5 Å². The van der Waals surface area contributed by atoms with E-state index in [-0.39, 0.29) is 0 Å². The van der Waals surface area contributed by atoms with E-state index in [0.29, 0.717) is 18.0 Å². The highest BCUT2D eigenvalue weighted by Gasteiger charge is 2.15. The summed E-state index contributed by atoms with van der Waals surface area (Å²) in [4.78, 5) is 16.1. The minimum absolute atomic E-state index is 0.294. The SMILES string of the molecule is CC(C)N(CCNc1cc(-c2ccc(N3CCN(C)CC3)cc2)nc(N)n1)C(C)C. The molecule has 7 heteroatoms. The number of piperazine rings is 1. The monoisotopic (exact) mass is 411 g/mol. The molecule has 0 radical (unpaired) electrons. The number of rotatable bonds is 8. The van der Waals surface area contributed by atoms with Gasteiger partial charge in [0, 0.05) is 68.7 Å². The quantitative estimate of drug-likeness (QED) is 0.692. The van der Waals surface area contributed by atoms with Gasteiger partial charge in [0.15, 0.2) is 0 Å². The van der Waals surface area contributed by atoms with Crippen molar-refractivity contribution < 1.29 is 0 Å². The maximum absolute atomic E-state index is 6.00. The fraction of sp³-hybridized carbons (Fsp3) is 0.565. The lowest BCUT2D eigenvalue weighted by molar-refractivity contribution is 0.182. The van der Waals surface area contributed by atoms with Gasteiger partial charge in [-0.15, -0.1) is 0 Å². The van der Waals surface area contributed by atoms with Crippen molar-refractivity contribution in [3.8, 4) is 11.3 Å². The zero-order valence-corrected chi connectivity index (χ0v) is 19.1. The average molecular weight is 412 g/mol. The molecule has 1 aliphatic heterocycles. The molecule has 0 bridgehead atoms. The van der Waals surface area contributed by atoms with Gasteiger partial charge in [-0.05, 0) is 46.9 Å². The summed E-state index contributed by atoms with van der Waals surface area (Å²) in [6, 6.07) is 11.6. The fourth-order valence-electron chi connectivity index (χ4n) is 4.04. The number of benzene rings is 1. The smallest absolute Gasteiger partial charge is 0.222 e. The Morgan fingerprint density at radius 3 is 2.23 bits per heavy atom. The van der Waals surface area contributed by atoms with Gasteiger partial charge in [0.25, 0.3) is 0 Å². The largest absolute Gasteiger partial charge is 0.369 e. The highest BCUT2D eigenvalue weighted by Crippen LogP contribution is 2.24. The lowest BCUT2D eigenvalue weighted by atomic mass is 10.1. The molecule has 3 rings (SSSR count). The van der Waals surface area contributed by atoms with E-state index in [1.165, 1.54) is 5.69 Å². The van der Waals surface area contributed by atoms with Gasteiger partial charge < -0.3 is 20.9 Å². The molecule has 0 unspecified atom stereocenters. The first-order valence-corrected chi connectivity index (χ1v) is 11.0. The minimum atomic E-state index is 0.294. The normalized spacial score (nSPS) is 15.4. The van der Waals surface area contributed by atoms with Crippen LogP contribution in [-0.2, 0) is 0 Å². The molecule has 1 aromatic heterocycles. The third-order valence-corrected chi connectivity index (χ3v) is 5.78. The zero-order chi connectivity index (χ0) is 21.7. The van der Waals surface area contributed by atoms with Crippen molar-refractivity contribution in [3.63, 3.8) is 0 Å². The second kappa shape index (κ2) is 10.1. The number of nitrogens with zero attached hydrogens (tertiary/aromatic N) is 5. The first kappa shape index (κ1) is 22.3. The van der Waals surface area contributed by atoms with Crippen molar-refractivity contribution in [3.05, 3.63) is 30.3 Å². The van der Waals surface area contributed by atoms with Crippen molar-refractivity contribution in [2.75, 3.05) is 62.3 Å². The van der Waals surface area contributed by atoms with E-state index in [1.54, 1.807) is 0 Å². The molecule has 30 heavy (non-hydrogen) atoms. The van der Waals surface area contributed by atoms with Crippen molar-refractivity contribution in [2.24, 2.45) is 0 Å². The molecule has 2 heterocycles. The van der Waals surface area contributed by atoms with E-state index < -0.39 is 0 Å². The zero-order valence-electron chi connectivity index (χ0n) is 19.1. The Morgan fingerprint density at radius 2 is 1.63 bits per heavy atom. The van der Waals surface area contributed by atoms with Crippen LogP contribution in [0.3, 0.4) is 0 Å². The Hall–Kier alpha value is -2.38. The van der Waals surface area contributed by atoms with Crippen LogP contribution in [0.5, 0.6) is 0 Å². The van der Waals surface area contributed by atoms with E-state index >= 15 is 0 Å². The minimum Gasteiger partial charge on any atom is -0.369 e. The van der Waals surface area contributed by atoms with Gasteiger partial charge in [-0.3, -0.25) is 4.90 Å². The van der Waals surface area contributed by atoms with E-state index in [0.717, 1.165) is 56.3 Å². The molecule has 1 saturated heterocycles. The number of aromatic nitrogens is 2. The van der Waals surface area contributed by atoms with Crippen LogP contribution in [0.25, 0.3) is 11.3 Å². The molecule has 1 fully saturated rings. The Bertz CT molecular complexity index is 788. The molecule has 0 amide bonds. The second-order valence-electron chi connectivity index (χ2n) is 8.69.